The van der Waals surface area contributed by atoms with Crippen molar-refractivity contribution in [3.63, 3.8) is 0 Å². The lowest BCUT2D eigenvalue weighted by Gasteiger charge is -2.40. The van der Waals surface area contributed by atoms with Crippen LogP contribution < -0.4 is 0 Å². The van der Waals surface area contributed by atoms with E-state index in [4.69, 9.17) is 4.74 Å². The molecule has 2 nitrogen and oxygen atoms in total. The summed E-state index contributed by atoms with van der Waals surface area (Å²) in [7, 11) is 1.53. The number of aliphatic hydroxyl groups is 1. The molecule has 13 heavy (non-hydrogen) atoms. The molecule has 2 unspecified atom stereocenters. The number of methoxy groups -OCH3 is 1. The molecule has 1 aliphatic carbocycles. The Morgan fingerprint density at radius 2 is 1.92 bits per heavy atom. The number of rotatable bonds is 1. The first-order valence-corrected chi connectivity index (χ1v) is 4.54. The first-order chi connectivity index (χ1) is 5.90. The molecule has 74 valence electrons. The van der Waals surface area contributed by atoms with Gasteiger partial charge in [0.1, 0.15) is 0 Å². The minimum absolute atomic E-state index is 0.00463. The van der Waals surface area contributed by atoms with Crippen molar-refractivity contribution in [2.75, 3.05) is 7.11 Å². The van der Waals surface area contributed by atoms with Crippen LogP contribution in [0.25, 0.3) is 0 Å². The van der Waals surface area contributed by atoms with Gasteiger partial charge in [-0.2, -0.15) is 0 Å². The molecule has 1 aliphatic rings. The van der Waals surface area contributed by atoms with Gasteiger partial charge < -0.3 is 9.84 Å². The summed E-state index contributed by atoms with van der Waals surface area (Å²) in [6, 6.07) is 0. The Hall–Kier alpha value is -0.600. The Morgan fingerprint density at radius 3 is 2.31 bits per heavy atom. The number of ether oxygens (including phenoxy) is 1. The molecule has 2 atom stereocenters. The molecule has 0 saturated heterocycles. The lowest BCUT2D eigenvalue weighted by molar-refractivity contribution is -0.192. The van der Waals surface area contributed by atoms with E-state index in [2.05, 4.69) is 20.8 Å². The fraction of sp³-hybridized carbons (Fsp3) is 0.636. The van der Waals surface area contributed by atoms with E-state index in [-0.39, 0.29) is 11.3 Å². The molecule has 0 aromatic heterocycles. The zero-order valence-corrected chi connectivity index (χ0v) is 8.74. The van der Waals surface area contributed by atoms with Gasteiger partial charge in [-0.05, 0) is 11.5 Å². The van der Waals surface area contributed by atoms with Gasteiger partial charge in [0.25, 0.3) is 0 Å². The summed E-state index contributed by atoms with van der Waals surface area (Å²) in [6.07, 6.45) is 7.45. The maximum absolute atomic E-state index is 10.1. The minimum Gasteiger partial charge on any atom is -0.362 e. The van der Waals surface area contributed by atoms with Gasteiger partial charge in [0, 0.05) is 13.0 Å². The van der Waals surface area contributed by atoms with Crippen LogP contribution in [0.2, 0.25) is 0 Å². The van der Waals surface area contributed by atoms with Crippen LogP contribution in [0.4, 0.5) is 0 Å². The van der Waals surface area contributed by atoms with Crippen molar-refractivity contribution in [1.29, 1.82) is 0 Å². The smallest absolute Gasteiger partial charge is 0.192 e. The lowest BCUT2D eigenvalue weighted by Crippen LogP contribution is -2.44. The molecular formula is C11H18O2. The third kappa shape index (κ3) is 2.01. The van der Waals surface area contributed by atoms with E-state index in [0.717, 1.165) is 0 Å². The van der Waals surface area contributed by atoms with Gasteiger partial charge in [-0.3, -0.25) is 0 Å². The van der Waals surface area contributed by atoms with E-state index in [1.54, 1.807) is 6.08 Å². The molecule has 0 heterocycles. The predicted molar refractivity (Wildman–Crippen MR) is 53.2 cm³/mol. The van der Waals surface area contributed by atoms with Gasteiger partial charge in [-0.25, -0.2) is 0 Å². The maximum atomic E-state index is 10.1. The van der Waals surface area contributed by atoms with Crippen molar-refractivity contribution in [2.24, 2.45) is 11.3 Å². The number of allylic oxidation sites excluding steroid dienone is 2. The summed E-state index contributed by atoms with van der Waals surface area (Å²) in [5.41, 5.74) is -0.00792. The Balaban J connectivity index is 2.96. The van der Waals surface area contributed by atoms with Gasteiger partial charge in [-0.15, -0.1) is 0 Å². The molecule has 0 spiro atoms. The summed E-state index contributed by atoms with van der Waals surface area (Å²) in [4.78, 5) is 0. The molecule has 0 fully saturated rings. The number of hydrogen-bond donors (Lipinski definition) is 1. The summed E-state index contributed by atoms with van der Waals surface area (Å²) < 4.78 is 5.14. The van der Waals surface area contributed by atoms with E-state index in [1.165, 1.54) is 7.11 Å². The van der Waals surface area contributed by atoms with Crippen LogP contribution in [0.5, 0.6) is 0 Å². The standard InChI is InChI=1S/C11H18O2/c1-10(2,3)9-7-5-6-8-11(9,12)13-4/h5-9,12H,1-4H3. The first kappa shape index (κ1) is 10.5. The number of hydrogen-bond acceptors (Lipinski definition) is 2. The fourth-order valence-corrected chi connectivity index (χ4v) is 1.71. The van der Waals surface area contributed by atoms with Gasteiger partial charge >= 0.3 is 0 Å². The second-order valence-corrected chi connectivity index (χ2v) is 4.54. The average molecular weight is 182 g/mol. The van der Waals surface area contributed by atoms with Gasteiger partial charge in [0.2, 0.25) is 0 Å². The second kappa shape index (κ2) is 3.28. The largest absolute Gasteiger partial charge is 0.362 e. The van der Waals surface area contributed by atoms with Crippen molar-refractivity contribution >= 4 is 0 Å². The van der Waals surface area contributed by atoms with Crippen LogP contribution in [-0.4, -0.2) is 18.0 Å². The van der Waals surface area contributed by atoms with Crippen molar-refractivity contribution < 1.29 is 9.84 Å². The molecule has 1 rings (SSSR count). The SMILES string of the molecule is COC1(O)C=CC=CC1C(C)(C)C. The first-order valence-electron chi connectivity index (χ1n) is 4.54. The van der Waals surface area contributed by atoms with Crippen LogP contribution in [0.3, 0.4) is 0 Å². The molecule has 0 aliphatic heterocycles. The molecule has 2 heteroatoms. The van der Waals surface area contributed by atoms with Crippen molar-refractivity contribution in [3.8, 4) is 0 Å². The van der Waals surface area contributed by atoms with Crippen LogP contribution in [0.1, 0.15) is 20.8 Å². The highest BCUT2D eigenvalue weighted by Gasteiger charge is 2.41. The Morgan fingerprint density at radius 1 is 1.31 bits per heavy atom. The van der Waals surface area contributed by atoms with Gasteiger partial charge in [0.05, 0.1) is 0 Å². The molecule has 0 radical (unpaired) electrons. The molecule has 0 bridgehead atoms. The fourth-order valence-electron chi connectivity index (χ4n) is 1.71. The summed E-state index contributed by atoms with van der Waals surface area (Å²) in [6.45, 7) is 6.27. The third-order valence-corrected chi connectivity index (χ3v) is 2.46. The predicted octanol–water partition coefficient (Wildman–Crippen LogP) is 2.11. The topological polar surface area (TPSA) is 29.5 Å². The Labute approximate surface area is 79.9 Å². The molecule has 0 amide bonds. The Bertz CT molecular complexity index is 235. The lowest BCUT2D eigenvalue weighted by atomic mass is 9.74. The van der Waals surface area contributed by atoms with Crippen LogP contribution in [0, 0.1) is 11.3 Å². The highest BCUT2D eigenvalue weighted by molar-refractivity contribution is 5.20. The van der Waals surface area contributed by atoms with E-state index in [9.17, 15) is 5.11 Å². The molecule has 0 aromatic carbocycles. The highest BCUT2D eigenvalue weighted by Crippen LogP contribution is 2.38. The van der Waals surface area contributed by atoms with Crippen LogP contribution in [-0.2, 0) is 4.74 Å². The zero-order chi connectivity index (χ0) is 10.1. The van der Waals surface area contributed by atoms with Crippen molar-refractivity contribution in [3.05, 3.63) is 24.3 Å². The molecule has 0 saturated carbocycles. The quantitative estimate of drug-likeness (QED) is 0.629. The second-order valence-electron chi connectivity index (χ2n) is 4.54. The van der Waals surface area contributed by atoms with Gasteiger partial charge in [-0.1, -0.05) is 39.0 Å². The zero-order valence-electron chi connectivity index (χ0n) is 8.74. The third-order valence-electron chi connectivity index (χ3n) is 2.46. The minimum atomic E-state index is -1.15. The molecule has 1 N–H and O–H groups in total. The van der Waals surface area contributed by atoms with Crippen LogP contribution in [0.15, 0.2) is 24.3 Å². The van der Waals surface area contributed by atoms with E-state index < -0.39 is 5.79 Å². The summed E-state index contributed by atoms with van der Waals surface area (Å²) in [5.74, 6) is -1.15. The van der Waals surface area contributed by atoms with E-state index >= 15 is 0 Å². The molecule has 0 aromatic rings. The summed E-state index contributed by atoms with van der Waals surface area (Å²) >= 11 is 0. The van der Waals surface area contributed by atoms with Crippen molar-refractivity contribution in [2.45, 2.75) is 26.6 Å². The van der Waals surface area contributed by atoms with Crippen molar-refractivity contribution in [1.82, 2.24) is 0 Å². The van der Waals surface area contributed by atoms with E-state index in [1.807, 2.05) is 18.2 Å². The van der Waals surface area contributed by atoms with Gasteiger partial charge in [0.15, 0.2) is 5.79 Å². The Kier molecular flexibility index (Phi) is 2.64. The van der Waals surface area contributed by atoms with Crippen LogP contribution >= 0.6 is 0 Å². The monoisotopic (exact) mass is 182 g/mol. The average Bonchev–Trinajstić information content (AvgIpc) is 2.03. The molecular weight excluding hydrogens is 164 g/mol. The summed E-state index contributed by atoms with van der Waals surface area (Å²) in [5, 5.41) is 10.1. The normalized spacial score (nSPS) is 33.8. The van der Waals surface area contributed by atoms with E-state index in [0.29, 0.717) is 0 Å². The maximum Gasteiger partial charge on any atom is 0.192 e. The highest BCUT2D eigenvalue weighted by atomic mass is 16.6.